The van der Waals surface area contributed by atoms with Gasteiger partial charge in [0.1, 0.15) is 5.41 Å². The first-order valence-electron chi connectivity index (χ1n) is 6.14. The van der Waals surface area contributed by atoms with Crippen molar-refractivity contribution in [3.05, 3.63) is 0 Å². The molecule has 2 unspecified atom stereocenters. The van der Waals surface area contributed by atoms with Crippen molar-refractivity contribution in [2.24, 2.45) is 5.41 Å². The van der Waals surface area contributed by atoms with Crippen LogP contribution in [0.5, 0.6) is 0 Å². The molecular weight excluding hydrogens is 270 g/mol. The van der Waals surface area contributed by atoms with E-state index in [0.29, 0.717) is 6.42 Å². The maximum atomic E-state index is 12.4. The summed E-state index contributed by atoms with van der Waals surface area (Å²) in [6.45, 7) is 1.52. The van der Waals surface area contributed by atoms with Crippen LogP contribution >= 0.6 is 0 Å². The molecule has 0 aromatic carbocycles. The lowest BCUT2D eigenvalue weighted by molar-refractivity contribution is -0.169. The molecule has 2 saturated heterocycles. The molecule has 0 bridgehead atoms. The minimum atomic E-state index is -1.68. The van der Waals surface area contributed by atoms with E-state index in [1.165, 1.54) is 12.4 Å². The lowest BCUT2D eigenvalue weighted by Gasteiger charge is -2.36. The summed E-state index contributed by atoms with van der Waals surface area (Å²) in [4.78, 5) is 47.1. The molecule has 0 saturated carbocycles. The molecule has 9 nitrogen and oxygen atoms in total. The van der Waals surface area contributed by atoms with Gasteiger partial charge in [-0.15, -0.1) is 0 Å². The van der Waals surface area contributed by atoms with E-state index in [1.54, 1.807) is 0 Å². The van der Waals surface area contributed by atoms with Crippen molar-refractivity contribution in [3.63, 3.8) is 0 Å². The topological polar surface area (TPSA) is 127 Å². The molecular formula is C11H15N3O6. The van der Waals surface area contributed by atoms with E-state index >= 15 is 0 Å². The summed E-state index contributed by atoms with van der Waals surface area (Å²) in [6.07, 6.45) is 0.197. The van der Waals surface area contributed by atoms with Crippen LogP contribution in [0.4, 0.5) is 0 Å². The van der Waals surface area contributed by atoms with Crippen molar-refractivity contribution in [1.29, 1.82) is 0 Å². The van der Waals surface area contributed by atoms with Gasteiger partial charge in [0.25, 0.3) is 11.8 Å². The van der Waals surface area contributed by atoms with Gasteiger partial charge in [-0.2, -0.15) is 0 Å². The van der Waals surface area contributed by atoms with Crippen molar-refractivity contribution in [1.82, 2.24) is 15.5 Å². The highest BCUT2D eigenvalue weighted by molar-refractivity contribution is 6.12. The van der Waals surface area contributed by atoms with Crippen molar-refractivity contribution in [2.75, 3.05) is 6.54 Å². The molecule has 3 amide bonds. The zero-order valence-electron chi connectivity index (χ0n) is 10.8. The van der Waals surface area contributed by atoms with Gasteiger partial charge in [-0.1, -0.05) is 0 Å². The number of hydrogen-bond donors (Lipinski definition) is 3. The number of hydroxylamine groups is 1. The number of nitrogens with one attached hydrogen (secondary N) is 1. The minimum Gasteiger partial charge on any atom is -0.480 e. The number of rotatable bonds is 3. The average molecular weight is 285 g/mol. The van der Waals surface area contributed by atoms with Crippen LogP contribution in [-0.4, -0.2) is 56.6 Å². The monoisotopic (exact) mass is 285 g/mol. The Morgan fingerprint density at radius 2 is 2.05 bits per heavy atom. The predicted molar refractivity (Wildman–Crippen MR) is 61.9 cm³/mol. The molecule has 2 aliphatic heterocycles. The molecule has 2 atom stereocenters. The Labute approximate surface area is 114 Å². The summed E-state index contributed by atoms with van der Waals surface area (Å²) in [5, 5.41) is 19.7. The summed E-state index contributed by atoms with van der Waals surface area (Å²) in [6, 6.07) is -1.10. The number of carbonyl (C=O) groups is 4. The number of hydrazine groups is 1. The fourth-order valence-corrected chi connectivity index (χ4v) is 2.65. The highest BCUT2D eigenvalue weighted by atomic mass is 16.5. The van der Waals surface area contributed by atoms with Gasteiger partial charge in [-0.3, -0.25) is 19.6 Å². The van der Waals surface area contributed by atoms with E-state index in [-0.39, 0.29) is 13.0 Å². The molecule has 3 N–H and O–H groups in total. The molecule has 0 aromatic rings. The zero-order chi connectivity index (χ0) is 15.1. The van der Waals surface area contributed by atoms with Gasteiger partial charge < -0.3 is 5.11 Å². The number of hydrogen-bond acceptors (Lipinski definition) is 5. The van der Waals surface area contributed by atoms with Crippen molar-refractivity contribution in [3.8, 4) is 0 Å². The number of carboxylic acid groups (broad SMARTS) is 1. The first-order chi connectivity index (χ1) is 9.32. The second kappa shape index (κ2) is 4.75. The van der Waals surface area contributed by atoms with Gasteiger partial charge in [0.05, 0.1) is 6.42 Å². The zero-order valence-corrected chi connectivity index (χ0v) is 10.8. The van der Waals surface area contributed by atoms with Crippen LogP contribution < -0.4 is 5.48 Å². The van der Waals surface area contributed by atoms with Gasteiger partial charge in [0.2, 0.25) is 5.91 Å². The average Bonchev–Trinajstić information content (AvgIpc) is 2.61. The van der Waals surface area contributed by atoms with Crippen LogP contribution in [-0.2, 0) is 19.2 Å². The van der Waals surface area contributed by atoms with E-state index in [1.807, 2.05) is 0 Å². The highest BCUT2D eigenvalue weighted by Gasteiger charge is 2.59. The number of fused-ring (bicyclic) bond motifs is 1. The number of carbonyl (C=O) groups excluding carboxylic acids is 3. The van der Waals surface area contributed by atoms with Crippen LogP contribution in [0.3, 0.4) is 0 Å². The number of carboxylic acids is 1. The molecule has 2 rings (SSSR count). The van der Waals surface area contributed by atoms with E-state index < -0.39 is 41.6 Å². The smallest absolute Gasteiger partial charge is 0.328 e. The Hall–Kier alpha value is -2.16. The predicted octanol–water partition coefficient (Wildman–Crippen LogP) is -1.28. The maximum absolute atomic E-state index is 12.4. The van der Waals surface area contributed by atoms with Crippen LogP contribution in [0, 0.1) is 5.41 Å². The molecule has 9 heteroatoms. The molecule has 2 aliphatic rings. The van der Waals surface area contributed by atoms with Crippen molar-refractivity contribution < 1.29 is 29.5 Å². The summed E-state index contributed by atoms with van der Waals surface area (Å²) < 4.78 is 0. The molecule has 2 fully saturated rings. The third kappa shape index (κ3) is 1.90. The van der Waals surface area contributed by atoms with Crippen molar-refractivity contribution >= 4 is 23.7 Å². The SMILES string of the molecule is CC1(CC(=O)NO)C(=O)N2CCCC(C(=O)O)N2C1=O. The first kappa shape index (κ1) is 14.3. The Morgan fingerprint density at radius 1 is 1.40 bits per heavy atom. The lowest BCUT2D eigenvalue weighted by atomic mass is 9.85. The quantitative estimate of drug-likeness (QED) is 0.337. The molecule has 2 heterocycles. The Balaban J connectivity index is 2.35. The Kier molecular flexibility index (Phi) is 3.38. The molecule has 110 valence electrons. The van der Waals surface area contributed by atoms with Crippen LogP contribution in [0.1, 0.15) is 26.2 Å². The van der Waals surface area contributed by atoms with Gasteiger partial charge in [-0.05, 0) is 19.8 Å². The van der Waals surface area contributed by atoms with Crippen LogP contribution in [0.25, 0.3) is 0 Å². The van der Waals surface area contributed by atoms with Gasteiger partial charge >= 0.3 is 5.97 Å². The maximum Gasteiger partial charge on any atom is 0.328 e. The lowest BCUT2D eigenvalue weighted by Crippen LogP contribution is -2.54. The van der Waals surface area contributed by atoms with E-state index in [9.17, 15) is 19.2 Å². The largest absolute Gasteiger partial charge is 0.480 e. The third-order valence-electron chi connectivity index (χ3n) is 3.71. The minimum absolute atomic E-state index is 0.241. The van der Waals surface area contributed by atoms with E-state index in [4.69, 9.17) is 10.3 Å². The third-order valence-corrected chi connectivity index (χ3v) is 3.71. The molecule has 0 spiro atoms. The second-order valence-electron chi connectivity index (χ2n) is 5.12. The molecule has 0 radical (unpaired) electrons. The number of aliphatic carboxylic acids is 1. The fraction of sp³-hybridized carbons (Fsp3) is 0.636. The Bertz CT molecular complexity index is 493. The molecule has 0 aliphatic carbocycles. The summed E-state index contributed by atoms with van der Waals surface area (Å²) in [7, 11) is 0. The van der Waals surface area contributed by atoms with Gasteiger partial charge in [0.15, 0.2) is 6.04 Å². The first-order valence-corrected chi connectivity index (χ1v) is 6.14. The summed E-state index contributed by atoms with van der Waals surface area (Å²) >= 11 is 0. The fourth-order valence-electron chi connectivity index (χ4n) is 2.65. The van der Waals surface area contributed by atoms with Gasteiger partial charge in [-0.25, -0.2) is 20.3 Å². The molecule has 20 heavy (non-hydrogen) atoms. The van der Waals surface area contributed by atoms with Crippen LogP contribution in [0.15, 0.2) is 0 Å². The summed E-state index contributed by atoms with van der Waals surface area (Å²) in [5.74, 6) is -3.40. The Morgan fingerprint density at radius 3 is 2.60 bits per heavy atom. The van der Waals surface area contributed by atoms with Crippen LogP contribution in [0.2, 0.25) is 0 Å². The van der Waals surface area contributed by atoms with Gasteiger partial charge in [0, 0.05) is 6.54 Å². The van der Waals surface area contributed by atoms with E-state index in [0.717, 1.165) is 10.0 Å². The number of nitrogens with zero attached hydrogens (tertiary/aromatic N) is 2. The summed E-state index contributed by atoms with van der Waals surface area (Å²) in [5.41, 5.74) is -0.299. The second-order valence-corrected chi connectivity index (χ2v) is 5.12. The standard InChI is InChI=1S/C11H15N3O6/c1-11(5-7(15)12-20)9(18)13-4-2-3-6(8(16)17)14(13)10(11)19/h6,20H,2-5H2,1H3,(H,12,15)(H,16,17). The van der Waals surface area contributed by atoms with Crippen molar-refractivity contribution in [2.45, 2.75) is 32.2 Å². The number of amides is 3. The highest BCUT2D eigenvalue weighted by Crippen LogP contribution is 2.38. The molecule has 0 aromatic heterocycles. The normalized spacial score (nSPS) is 29.4. The van der Waals surface area contributed by atoms with E-state index in [2.05, 4.69) is 0 Å².